The predicted molar refractivity (Wildman–Crippen MR) is 82.9 cm³/mol. The van der Waals surface area contributed by atoms with Gasteiger partial charge in [-0.25, -0.2) is 0 Å². The van der Waals surface area contributed by atoms with Crippen molar-refractivity contribution in [2.75, 3.05) is 6.54 Å². The molecule has 0 bridgehead atoms. The van der Waals surface area contributed by atoms with Crippen molar-refractivity contribution in [2.45, 2.75) is 6.42 Å². The van der Waals surface area contributed by atoms with Crippen LogP contribution >= 0.6 is 0 Å². The molecule has 0 aliphatic carbocycles. The Morgan fingerprint density at radius 1 is 0.818 bits per heavy atom. The number of hydrogen-bond donors (Lipinski definition) is 1. The fourth-order valence-corrected chi connectivity index (χ4v) is 2.52. The van der Waals surface area contributed by atoms with Crippen LogP contribution in [0.25, 0.3) is 5.57 Å². The fraction of sp³-hybridized carbons (Fsp3) is 0.111. The van der Waals surface area contributed by atoms with Crippen molar-refractivity contribution < 1.29 is 14.7 Å². The maximum absolute atomic E-state index is 12.4. The van der Waals surface area contributed by atoms with E-state index >= 15 is 0 Å². The van der Waals surface area contributed by atoms with Gasteiger partial charge in [-0.2, -0.15) is 0 Å². The molecule has 0 unspecified atom stereocenters. The third-order valence-electron chi connectivity index (χ3n) is 3.67. The minimum absolute atomic E-state index is 0.0821. The lowest BCUT2D eigenvalue weighted by Crippen LogP contribution is -2.33. The van der Waals surface area contributed by atoms with Crippen LogP contribution in [0, 0.1) is 0 Å². The molecule has 1 N–H and O–H groups in total. The molecule has 0 atom stereocenters. The third kappa shape index (κ3) is 2.51. The zero-order valence-corrected chi connectivity index (χ0v) is 11.9. The fourth-order valence-electron chi connectivity index (χ4n) is 2.52. The van der Waals surface area contributed by atoms with Crippen molar-refractivity contribution in [2.24, 2.45) is 0 Å². The molecule has 1 aliphatic rings. The van der Waals surface area contributed by atoms with Crippen molar-refractivity contribution in [1.82, 2.24) is 4.90 Å². The lowest BCUT2D eigenvalue weighted by Gasteiger charge is -2.14. The number of aliphatic hydroxyl groups excluding tert-OH is 1. The van der Waals surface area contributed by atoms with E-state index in [0.717, 1.165) is 10.5 Å². The first-order chi connectivity index (χ1) is 10.7. The molecule has 0 fully saturated rings. The molecule has 0 aromatic heterocycles. The first-order valence-corrected chi connectivity index (χ1v) is 7.07. The molecular weight excluding hydrogens is 278 g/mol. The van der Waals surface area contributed by atoms with Crippen molar-refractivity contribution in [3.63, 3.8) is 0 Å². The molecule has 2 amide bonds. The van der Waals surface area contributed by atoms with E-state index in [4.69, 9.17) is 0 Å². The standard InChI is InChI=1S/C18H15NO3/c20-16-15(14-9-5-2-6-10-14)17(21)19(18(16)22)12-11-13-7-3-1-4-8-13/h1-10,20H,11-12H2. The minimum Gasteiger partial charge on any atom is -0.502 e. The number of nitrogens with zero attached hydrogens (tertiary/aromatic N) is 1. The van der Waals surface area contributed by atoms with Gasteiger partial charge in [-0.15, -0.1) is 0 Å². The summed E-state index contributed by atoms with van der Waals surface area (Å²) in [7, 11) is 0. The Morgan fingerprint density at radius 3 is 2.05 bits per heavy atom. The summed E-state index contributed by atoms with van der Waals surface area (Å²) in [6, 6.07) is 18.4. The Labute approximate surface area is 128 Å². The molecular formula is C18H15NO3. The first kappa shape index (κ1) is 14.1. The quantitative estimate of drug-likeness (QED) is 0.881. The van der Waals surface area contributed by atoms with Crippen LogP contribution in [-0.2, 0) is 16.0 Å². The summed E-state index contributed by atoms with van der Waals surface area (Å²) >= 11 is 0. The number of imide groups is 1. The highest BCUT2D eigenvalue weighted by molar-refractivity contribution is 6.34. The SMILES string of the molecule is O=C1C(O)=C(c2ccccc2)C(=O)N1CCc1ccccc1. The molecule has 3 rings (SSSR count). The number of benzene rings is 2. The maximum atomic E-state index is 12.4. The molecule has 4 heteroatoms. The normalized spacial score (nSPS) is 14.8. The number of hydrogen-bond acceptors (Lipinski definition) is 3. The monoisotopic (exact) mass is 293 g/mol. The van der Waals surface area contributed by atoms with Crippen LogP contribution in [-0.4, -0.2) is 28.4 Å². The van der Waals surface area contributed by atoms with Gasteiger partial charge in [-0.1, -0.05) is 60.7 Å². The summed E-state index contributed by atoms with van der Waals surface area (Å²) < 4.78 is 0. The predicted octanol–water partition coefficient (Wildman–Crippen LogP) is 2.57. The number of aliphatic hydroxyl groups is 1. The molecule has 0 spiro atoms. The van der Waals surface area contributed by atoms with Gasteiger partial charge < -0.3 is 5.11 Å². The Bertz CT molecular complexity index is 735. The van der Waals surface area contributed by atoms with Crippen molar-refractivity contribution in [3.8, 4) is 0 Å². The maximum Gasteiger partial charge on any atom is 0.296 e. The Kier molecular flexibility index (Phi) is 3.74. The van der Waals surface area contributed by atoms with Gasteiger partial charge in [0.25, 0.3) is 11.8 Å². The average Bonchev–Trinajstić information content (AvgIpc) is 2.77. The zero-order valence-electron chi connectivity index (χ0n) is 11.9. The second-order valence-electron chi connectivity index (χ2n) is 5.09. The van der Waals surface area contributed by atoms with E-state index in [1.807, 2.05) is 36.4 Å². The summed E-state index contributed by atoms with van der Waals surface area (Å²) in [5.74, 6) is -1.53. The van der Waals surface area contributed by atoms with E-state index in [9.17, 15) is 14.7 Å². The van der Waals surface area contributed by atoms with Crippen LogP contribution in [0.4, 0.5) is 0 Å². The summed E-state index contributed by atoms with van der Waals surface area (Å²) in [5.41, 5.74) is 1.68. The van der Waals surface area contributed by atoms with E-state index < -0.39 is 17.6 Å². The van der Waals surface area contributed by atoms with Gasteiger partial charge in [0, 0.05) is 6.54 Å². The van der Waals surface area contributed by atoms with Crippen molar-refractivity contribution >= 4 is 17.4 Å². The second kappa shape index (κ2) is 5.85. The van der Waals surface area contributed by atoms with Crippen LogP contribution in [0.3, 0.4) is 0 Å². The van der Waals surface area contributed by atoms with Gasteiger partial charge >= 0.3 is 0 Å². The lowest BCUT2D eigenvalue weighted by molar-refractivity contribution is -0.138. The number of carbonyl (C=O) groups is 2. The van der Waals surface area contributed by atoms with E-state index in [-0.39, 0.29) is 12.1 Å². The highest BCUT2D eigenvalue weighted by Crippen LogP contribution is 2.27. The molecule has 2 aromatic rings. The van der Waals surface area contributed by atoms with Crippen LogP contribution in [0.2, 0.25) is 0 Å². The Balaban J connectivity index is 1.79. The molecule has 0 radical (unpaired) electrons. The van der Waals surface area contributed by atoms with Crippen LogP contribution in [0.15, 0.2) is 66.4 Å². The summed E-state index contributed by atoms with van der Waals surface area (Å²) in [6.07, 6.45) is 0.563. The highest BCUT2D eigenvalue weighted by Gasteiger charge is 2.38. The van der Waals surface area contributed by atoms with Gasteiger partial charge in [0.05, 0.1) is 5.57 Å². The molecule has 2 aromatic carbocycles. The molecule has 4 nitrogen and oxygen atoms in total. The van der Waals surface area contributed by atoms with E-state index in [1.165, 1.54) is 0 Å². The van der Waals surface area contributed by atoms with Gasteiger partial charge in [-0.3, -0.25) is 14.5 Å². The zero-order chi connectivity index (χ0) is 15.5. The Hall–Kier alpha value is -2.88. The summed E-state index contributed by atoms with van der Waals surface area (Å²) in [6.45, 7) is 0.252. The smallest absolute Gasteiger partial charge is 0.296 e. The largest absolute Gasteiger partial charge is 0.502 e. The number of rotatable bonds is 4. The first-order valence-electron chi connectivity index (χ1n) is 7.07. The minimum atomic E-state index is -0.625. The molecule has 1 aliphatic heterocycles. The molecule has 0 saturated heterocycles. The van der Waals surface area contributed by atoms with Gasteiger partial charge in [0.1, 0.15) is 0 Å². The average molecular weight is 293 g/mol. The Morgan fingerprint density at radius 2 is 1.41 bits per heavy atom. The van der Waals surface area contributed by atoms with Crippen LogP contribution in [0.5, 0.6) is 0 Å². The lowest BCUT2D eigenvalue weighted by atomic mass is 10.1. The van der Waals surface area contributed by atoms with Crippen molar-refractivity contribution in [1.29, 1.82) is 0 Å². The number of carbonyl (C=O) groups excluding carboxylic acids is 2. The highest BCUT2D eigenvalue weighted by atomic mass is 16.3. The van der Waals surface area contributed by atoms with Crippen LogP contribution < -0.4 is 0 Å². The van der Waals surface area contributed by atoms with Gasteiger partial charge in [0.15, 0.2) is 5.76 Å². The molecule has 22 heavy (non-hydrogen) atoms. The van der Waals surface area contributed by atoms with Crippen LogP contribution in [0.1, 0.15) is 11.1 Å². The van der Waals surface area contributed by atoms with E-state index in [1.54, 1.807) is 24.3 Å². The van der Waals surface area contributed by atoms with E-state index in [2.05, 4.69) is 0 Å². The van der Waals surface area contributed by atoms with Crippen molar-refractivity contribution in [3.05, 3.63) is 77.5 Å². The number of amides is 2. The topological polar surface area (TPSA) is 57.6 Å². The molecule has 1 heterocycles. The second-order valence-corrected chi connectivity index (χ2v) is 5.09. The summed E-state index contributed by atoms with van der Waals surface area (Å²) in [5, 5.41) is 10.0. The van der Waals surface area contributed by atoms with Gasteiger partial charge in [-0.05, 0) is 17.5 Å². The van der Waals surface area contributed by atoms with Gasteiger partial charge in [0.2, 0.25) is 0 Å². The molecule has 0 saturated carbocycles. The summed E-state index contributed by atoms with van der Waals surface area (Å²) in [4.78, 5) is 25.7. The third-order valence-corrected chi connectivity index (χ3v) is 3.67. The van der Waals surface area contributed by atoms with E-state index in [0.29, 0.717) is 12.0 Å². The molecule has 110 valence electrons.